The number of carbonyl (C=O) groups is 1. The molecule has 0 unspecified atom stereocenters. The second-order valence-electron chi connectivity index (χ2n) is 7.43. The second kappa shape index (κ2) is 9.07. The van der Waals surface area contributed by atoms with Crippen molar-refractivity contribution in [2.75, 3.05) is 11.9 Å². The van der Waals surface area contributed by atoms with Gasteiger partial charge in [-0.25, -0.2) is 0 Å². The Morgan fingerprint density at radius 1 is 1.00 bits per heavy atom. The number of benzene rings is 3. The maximum atomic E-state index is 13.3. The van der Waals surface area contributed by atoms with Crippen LogP contribution in [0.25, 0.3) is 22.3 Å². The number of hydrogen-bond acceptors (Lipinski definition) is 4. The van der Waals surface area contributed by atoms with Crippen LogP contribution < -0.4 is 15.5 Å². The molecule has 162 valence electrons. The lowest BCUT2D eigenvalue weighted by Gasteiger charge is -2.13. The molecule has 0 aliphatic carbocycles. The highest BCUT2D eigenvalue weighted by Crippen LogP contribution is 2.35. The van der Waals surface area contributed by atoms with E-state index < -0.39 is 11.3 Å². The Balaban J connectivity index is 1.73. The number of amides is 1. The van der Waals surface area contributed by atoms with Gasteiger partial charge in [-0.3, -0.25) is 9.59 Å². The van der Waals surface area contributed by atoms with E-state index in [4.69, 9.17) is 32.4 Å². The summed E-state index contributed by atoms with van der Waals surface area (Å²) in [6, 6.07) is 17.7. The Bertz CT molecular complexity index is 1380. The summed E-state index contributed by atoms with van der Waals surface area (Å²) in [4.78, 5) is 25.7. The van der Waals surface area contributed by atoms with Crippen LogP contribution in [0.3, 0.4) is 0 Å². The Kier molecular flexibility index (Phi) is 6.21. The van der Waals surface area contributed by atoms with Gasteiger partial charge in [-0.05, 0) is 43.7 Å². The predicted octanol–water partition coefficient (Wildman–Crippen LogP) is 6.40. The van der Waals surface area contributed by atoms with Crippen molar-refractivity contribution < 1.29 is 13.9 Å². The number of nitrogens with one attached hydrogen (secondary N) is 1. The summed E-state index contributed by atoms with van der Waals surface area (Å²) in [6.07, 6.45) is 0. The molecule has 1 heterocycles. The Morgan fingerprint density at radius 3 is 2.47 bits per heavy atom. The Morgan fingerprint density at radius 2 is 1.75 bits per heavy atom. The molecule has 0 saturated carbocycles. The molecule has 0 saturated heterocycles. The van der Waals surface area contributed by atoms with Crippen molar-refractivity contribution >= 4 is 45.8 Å². The van der Waals surface area contributed by atoms with Crippen molar-refractivity contribution in [2.45, 2.75) is 13.8 Å². The van der Waals surface area contributed by atoms with Gasteiger partial charge in [-0.2, -0.15) is 0 Å². The molecular formula is C25H19Cl2NO4. The monoisotopic (exact) mass is 467 g/mol. The first-order valence-electron chi connectivity index (χ1n) is 9.84. The van der Waals surface area contributed by atoms with E-state index in [9.17, 15) is 9.59 Å². The van der Waals surface area contributed by atoms with E-state index in [1.165, 1.54) is 12.1 Å². The molecule has 5 nitrogen and oxygen atoms in total. The first kappa shape index (κ1) is 21.9. The van der Waals surface area contributed by atoms with Gasteiger partial charge in [0, 0.05) is 16.3 Å². The molecule has 3 aromatic carbocycles. The highest BCUT2D eigenvalue weighted by atomic mass is 35.5. The standard InChI is InChI=1S/C25H19Cl2NO4/c1-14-6-8-16(9-7-14)23-25(22(30)19-11-17(26)12-20(27)24(19)32-23)31-13-21(29)28-18-5-3-4-15(2)10-18/h3-12H,13H2,1-2H3,(H,28,29). The Labute approximate surface area is 194 Å². The van der Waals surface area contributed by atoms with Crippen molar-refractivity contribution in [3.63, 3.8) is 0 Å². The highest BCUT2D eigenvalue weighted by Gasteiger charge is 2.21. The summed E-state index contributed by atoms with van der Waals surface area (Å²) in [5.74, 6) is -0.303. The van der Waals surface area contributed by atoms with Gasteiger partial charge in [0.15, 0.2) is 18.0 Å². The van der Waals surface area contributed by atoms with E-state index in [0.29, 0.717) is 16.3 Å². The molecule has 4 aromatic rings. The van der Waals surface area contributed by atoms with Crippen LogP contribution in [-0.2, 0) is 4.79 Å². The van der Waals surface area contributed by atoms with Crippen LogP contribution in [0, 0.1) is 13.8 Å². The lowest BCUT2D eigenvalue weighted by atomic mass is 10.1. The minimum atomic E-state index is -0.463. The first-order valence-corrected chi connectivity index (χ1v) is 10.6. The molecule has 4 rings (SSSR count). The highest BCUT2D eigenvalue weighted by molar-refractivity contribution is 6.38. The molecule has 0 aliphatic heterocycles. The Hall–Kier alpha value is -3.28. The lowest BCUT2D eigenvalue weighted by molar-refractivity contribution is -0.118. The number of hydrogen-bond donors (Lipinski definition) is 1. The molecule has 0 spiro atoms. The predicted molar refractivity (Wildman–Crippen MR) is 128 cm³/mol. The molecule has 0 aliphatic rings. The van der Waals surface area contributed by atoms with Crippen LogP contribution >= 0.6 is 23.2 Å². The summed E-state index contributed by atoms with van der Waals surface area (Å²) >= 11 is 12.4. The number of ether oxygens (including phenoxy) is 1. The van der Waals surface area contributed by atoms with Gasteiger partial charge in [-0.15, -0.1) is 0 Å². The van der Waals surface area contributed by atoms with E-state index in [-0.39, 0.29) is 34.1 Å². The zero-order valence-electron chi connectivity index (χ0n) is 17.4. The average Bonchev–Trinajstić information content (AvgIpc) is 2.74. The van der Waals surface area contributed by atoms with Crippen molar-refractivity contribution in [1.82, 2.24) is 0 Å². The maximum Gasteiger partial charge on any atom is 0.262 e. The summed E-state index contributed by atoms with van der Waals surface area (Å²) < 4.78 is 11.7. The van der Waals surface area contributed by atoms with Crippen LogP contribution in [0.4, 0.5) is 5.69 Å². The molecular weight excluding hydrogens is 449 g/mol. The van der Waals surface area contributed by atoms with Crippen molar-refractivity contribution in [1.29, 1.82) is 0 Å². The average molecular weight is 468 g/mol. The van der Waals surface area contributed by atoms with Crippen LogP contribution in [0.2, 0.25) is 10.0 Å². The van der Waals surface area contributed by atoms with E-state index in [2.05, 4.69) is 5.32 Å². The zero-order valence-corrected chi connectivity index (χ0v) is 18.9. The maximum absolute atomic E-state index is 13.3. The summed E-state index contributed by atoms with van der Waals surface area (Å²) in [5, 5.41) is 3.43. The topological polar surface area (TPSA) is 68.5 Å². The number of anilines is 1. The SMILES string of the molecule is Cc1ccc(-c2oc3c(Cl)cc(Cl)cc3c(=O)c2OCC(=O)Nc2cccc(C)c2)cc1. The number of fused-ring (bicyclic) bond motifs is 1. The quantitative estimate of drug-likeness (QED) is 0.368. The minimum absolute atomic E-state index is 0.0842. The smallest absolute Gasteiger partial charge is 0.262 e. The summed E-state index contributed by atoms with van der Waals surface area (Å²) in [5.41, 5.74) is 3.05. The normalized spacial score (nSPS) is 10.9. The van der Waals surface area contributed by atoms with Gasteiger partial charge < -0.3 is 14.5 Å². The molecule has 0 bridgehead atoms. The molecule has 0 fully saturated rings. The van der Waals surface area contributed by atoms with Crippen LogP contribution in [0.5, 0.6) is 5.75 Å². The molecule has 1 aromatic heterocycles. The van der Waals surface area contributed by atoms with Gasteiger partial charge >= 0.3 is 0 Å². The third-order valence-electron chi connectivity index (χ3n) is 4.83. The van der Waals surface area contributed by atoms with Crippen molar-refractivity contribution in [3.8, 4) is 17.1 Å². The lowest BCUT2D eigenvalue weighted by Crippen LogP contribution is -2.22. The molecule has 7 heteroatoms. The van der Waals surface area contributed by atoms with Crippen LogP contribution in [-0.4, -0.2) is 12.5 Å². The zero-order chi connectivity index (χ0) is 22.8. The second-order valence-corrected chi connectivity index (χ2v) is 8.27. The van der Waals surface area contributed by atoms with E-state index in [0.717, 1.165) is 11.1 Å². The molecule has 1 N–H and O–H groups in total. The first-order chi connectivity index (χ1) is 15.3. The van der Waals surface area contributed by atoms with Crippen molar-refractivity contribution in [3.05, 3.63) is 92.1 Å². The van der Waals surface area contributed by atoms with Gasteiger partial charge in [0.1, 0.15) is 0 Å². The van der Waals surface area contributed by atoms with Gasteiger partial charge in [0.05, 0.1) is 10.4 Å². The van der Waals surface area contributed by atoms with Gasteiger partial charge in [0.25, 0.3) is 5.91 Å². The van der Waals surface area contributed by atoms with E-state index in [1.54, 1.807) is 6.07 Å². The van der Waals surface area contributed by atoms with Gasteiger partial charge in [0.2, 0.25) is 11.2 Å². The third kappa shape index (κ3) is 4.64. The number of halogens is 2. The molecule has 0 radical (unpaired) electrons. The minimum Gasteiger partial charge on any atom is -0.476 e. The molecule has 0 atom stereocenters. The fourth-order valence-corrected chi connectivity index (χ4v) is 3.82. The van der Waals surface area contributed by atoms with E-state index >= 15 is 0 Å². The largest absolute Gasteiger partial charge is 0.476 e. The fourth-order valence-electron chi connectivity index (χ4n) is 3.29. The van der Waals surface area contributed by atoms with Crippen LogP contribution in [0.1, 0.15) is 11.1 Å². The number of carbonyl (C=O) groups excluding carboxylic acids is 1. The summed E-state index contributed by atoms with van der Waals surface area (Å²) in [7, 11) is 0. The third-order valence-corrected chi connectivity index (χ3v) is 5.33. The van der Waals surface area contributed by atoms with Crippen LogP contribution in [0.15, 0.2) is 69.9 Å². The molecule has 32 heavy (non-hydrogen) atoms. The summed E-state index contributed by atoms with van der Waals surface area (Å²) in [6.45, 7) is 3.50. The number of rotatable bonds is 5. The number of aryl methyl sites for hydroxylation is 2. The molecule has 1 amide bonds. The van der Waals surface area contributed by atoms with Gasteiger partial charge in [-0.1, -0.05) is 65.2 Å². The van der Waals surface area contributed by atoms with Crippen molar-refractivity contribution in [2.24, 2.45) is 0 Å². The van der Waals surface area contributed by atoms with E-state index in [1.807, 2.05) is 56.3 Å². The fraction of sp³-hybridized carbons (Fsp3) is 0.120.